The molecule has 10 rings (SSSR count). The highest BCUT2D eigenvalue weighted by Crippen LogP contribution is 2.37. The molecule has 0 atom stereocenters. The maximum atomic E-state index is 5.16. The third kappa shape index (κ3) is 4.81. The standard InChI is InChI=1S/C48H30N2/c1-2-8-32(9-3-1)45-26-24-34-18-19-35-25-27-46(50-48(35)47(34)49-45)33-16-14-31(15-17-33)36-20-21-38-29-40(23-22-37(38)28-36)44-30-39-10-4-5-11-41(39)42-12-6-7-13-43(42)44/h1-30H. The number of hydrogen-bond donors (Lipinski definition) is 0. The number of nitrogens with zero attached hydrogens (tertiary/aromatic N) is 2. The Hall–Kier alpha value is -6.64. The summed E-state index contributed by atoms with van der Waals surface area (Å²) < 4.78 is 0. The predicted octanol–water partition coefficient (Wildman–Crippen LogP) is 12.9. The number of benzene rings is 8. The SMILES string of the molecule is c1ccc(-c2ccc3ccc4ccc(-c5ccc(-c6ccc7cc(-c8cc9ccccc9c9ccccc89)ccc7c6)cc5)nc4c3n2)cc1. The van der Waals surface area contributed by atoms with Gasteiger partial charge in [-0.2, -0.15) is 0 Å². The van der Waals surface area contributed by atoms with E-state index in [9.17, 15) is 0 Å². The summed E-state index contributed by atoms with van der Waals surface area (Å²) in [5, 5.41) is 9.77. The topological polar surface area (TPSA) is 25.8 Å². The van der Waals surface area contributed by atoms with Gasteiger partial charge in [0.25, 0.3) is 0 Å². The van der Waals surface area contributed by atoms with Gasteiger partial charge in [0, 0.05) is 21.9 Å². The van der Waals surface area contributed by atoms with E-state index < -0.39 is 0 Å². The lowest BCUT2D eigenvalue weighted by Gasteiger charge is -2.12. The molecule has 0 aliphatic rings. The molecule has 232 valence electrons. The molecule has 0 aliphatic heterocycles. The summed E-state index contributed by atoms with van der Waals surface area (Å²) in [6.07, 6.45) is 0. The van der Waals surface area contributed by atoms with Gasteiger partial charge >= 0.3 is 0 Å². The van der Waals surface area contributed by atoms with Crippen molar-refractivity contribution in [3.8, 4) is 44.8 Å². The molecule has 0 fully saturated rings. The van der Waals surface area contributed by atoms with Crippen LogP contribution in [0.4, 0.5) is 0 Å². The van der Waals surface area contributed by atoms with E-state index >= 15 is 0 Å². The van der Waals surface area contributed by atoms with E-state index in [1.165, 1.54) is 54.6 Å². The van der Waals surface area contributed by atoms with Crippen LogP contribution in [0.2, 0.25) is 0 Å². The molecule has 0 saturated carbocycles. The van der Waals surface area contributed by atoms with Gasteiger partial charge in [0.2, 0.25) is 0 Å². The Bertz CT molecular complexity index is 2910. The second-order valence-corrected chi connectivity index (χ2v) is 13.0. The highest BCUT2D eigenvalue weighted by Gasteiger charge is 2.11. The maximum absolute atomic E-state index is 5.16. The highest BCUT2D eigenvalue weighted by molar-refractivity contribution is 6.14. The van der Waals surface area contributed by atoms with Crippen LogP contribution in [0, 0.1) is 0 Å². The zero-order valence-electron chi connectivity index (χ0n) is 27.2. The molecular formula is C48H30N2. The van der Waals surface area contributed by atoms with Crippen LogP contribution in [0.25, 0.3) is 98.9 Å². The summed E-state index contributed by atoms with van der Waals surface area (Å²) in [4.78, 5) is 10.2. The molecule has 10 aromatic rings. The van der Waals surface area contributed by atoms with Crippen molar-refractivity contribution in [1.29, 1.82) is 0 Å². The van der Waals surface area contributed by atoms with Crippen LogP contribution >= 0.6 is 0 Å². The Morgan fingerprint density at radius 2 is 0.740 bits per heavy atom. The van der Waals surface area contributed by atoms with Gasteiger partial charge in [-0.3, -0.25) is 0 Å². The maximum Gasteiger partial charge on any atom is 0.0972 e. The fourth-order valence-corrected chi connectivity index (χ4v) is 7.42. The van der Waals surface area contributed by atoms with Crippen molar-refractivity contribution in [2.75, 3.05) is 0 Å². The first-order valence-electron chi connectivity index (χ1n) is 17.1. The van der Waals surface area contributed by atoms with Gasteiger partial charge < -0.3 is 0 Å². The Morgan fingerprint density at radius 1 is 0.260 bits per heavy atom. The molecule has 0 N–H and O–H groups in total. The van der Waals surface area contributed by atoms with Crippen molar-refractivity contribution in [2.24, 2.45) is 0 Å². The zero-order chi connectivity index (χ0) is 33.0. The fourth-order valence-electron chi connectivity index (χ4n) is 7.42. The number of aromatic nitrogens is 2. The highest BCUT2D eigenvalue weighted by atomic mass is 14.8. The molecule has 50 heavy (non-hydrogen) atoms. The first-order chi connectivity index (χ1) is 24.7. The van der Waals surface area contributed by atoms with Gasteiger partial charge in [-0.1, -0.05) is 152 Å². The first-order valence-corrected chi connectivity index (χ1v) is 17.1. The van der Waals surface area contributed by atoms with Crippen LogP contribution in [0.1, 0.15) is 0 Å². The average Bonchev–Trinajstić information content (AvgIpc) is 3.20. The van der Waals surface area contributed by atoms with Crippen LogP contribution in [0.5, 0.6) is 0 Å². The molecular weight excluding hydrogens is 605 g/mol. The number of hydrogen-bond acceptors (Lipinski definition) is 2. The molecule has 2 nitrogen and oxygen atoms in total. The quantitative estimate of drug-likeness (QED) is 0.180. The predicted molar refractivity (Wildman–Crippen MR) is 211 cm³/mol. The first kappa shape index (κ1) is 28.4. The summed E-state index contributed by atoms with van der Waals surface area (Å²) in [6, 6.07) is 65.2. The molecule has 2 heteroatoms. The third-order valence-electron chi connectivity index (χ3n) is 10.0. The Morgan fingerprint density at radius 3 is 1.44 bits per heavy atom. The molecule has 2 heterocycles. The third-order valence-corrected chi connectivity index (χ3v) is 10.0. The molecule has 0 aliphatic carbocycles. The van der Waals surface area contributed by atoms with E-state index in [-0.39, 0.29) is 0 Å². The van der Waals surface area contributed by atoms with Crippen molar-refractivity contribution in [3.05, 3.63) is 182 Å². The molecule has 8 aromatic carbocycles. The Kier molecular flexibility index (Phi) is 6.53. The minimum atomic E-state index is 0.924. The van der Waals surface area contributed by atoms with Crippen LogP contribution < -0.4 is 0 Å². The lowest BCUT2D eigenvalue weighted by atomic mass is 9.92. The van der Waals surface area contributed by atoms with Gasteiger partial charge in [0.05, 0.1) is 22.4 Å². The summed E-state index contributed by atoms with van der Waals surface area (Å²) >= 11 is 0. The van der Waals surface area contributed by atoms with Crippen molar-refractivity contribution in [3.63, 3.8) is 0 Å². The lowest BCUT2D eigenvalue weighted by Crippen LogP contribution is -1.91. The summed E-state index contributed by atoms with van der Waals surface area (Å²) in [5.41, 5.74) is 10.8. The van der Waals surface area contributed by atoms with E-state index in [4.69, 9.17) is 9.97 Å². The minimum absolute atomic E-state index is 0.924. The van der Waals surface area contributed by atoms with Crippen molar-refractivity contribution in [2.45, 2.75) is 0 Å². The van der Waals surface area contributed by atoms with Crippen LogP contribution in [0.3, 0.4) is 0 Å². The lowest BCUT2D eigenvalue weighted by molar-refractivity contribution is 1.36. The molecule has 0 unspecified atom stereocenters. The second kappa shape index (κ2) is 11.5. The van der Waals surface area contributed by atoms with E-state index in [2.05, 4.69) is 164 Å². The largest absolute Gasteiger partial charge is 0.245 e. The molecule has 0 radical (unpaired) electrons. The summed E-state index contributed by atoms with van der Waals surface area (Å²) in [7, 11) is 0. The van der Waals surface area contributed by atoms with Crippen molar-refractivity contribution in [1.82, 2.24) is 9.97 Å². The number of rotatable bonds is 4. The van der Waals surface area contributed by atoms with Crippen molar-refractivity contribution < 1.29 is 0 Å². The normalized spacial score (nSPS) is 11.6. The van der Waals surface area contributed by atoms with E-state index in [1.807, 2.05) is 18.2 Å². The van der Waals surface area contributed by atoms with Gasteiger partial charge in [-0.05, 0) is 84.9 Å². The van der Waals surface area contributed by atoms with Gasteiger partial charge in [-0.15, -0.1) is 0 Å². The second-order valence-electron chi connectivity index (χ2n) is 13.0. The van der Waals surface area contributed by atoms with E-state index in [1.54, 1.807) is 0 Å². The molecule has 0 spiro atoms. The molecule has 0 amide bonds. The average molecular weight is 635 g/mol. The van der Waals surface area contributed by atoms with E-state index in [0.717, 1.165) is 44.3 Å². The number of fused-ring (bicyclic) bond motifs is 7. The van der Waals surface area contributed by atoms with Gasteiger partial charge in [0.15, 0.2) is 0 Å². The Labute approximate surface area is 290 Å². The molecule has 0 saturated heterocycles. The van der Waals surface area contributed by atoms with Gasteiger partial charge in [0.1, 0.15) is 0 Å². The summed E-state index contributed by atoms with van der Waals surface area (Å²) in [5.74, 6) is 0. The van der Waals surface area contributed by atoms with Crippen LogP contribution in [0.15, 0.2) is 182 Å². The van der Waals surface area contributed by atoms with Crippen molar-refractivity contribution >= 4 is 54.1 Å². The molecule has 0 bridgehead atoms. The van der Waals surface area contributed by atoms with E-state index in [0.29, 0.717) is 0 Å². The molecule has 2 aromatic heterocycles. The van der Waals surface area contributed by atoms with Crippen LogP contribution in [-0.2, 0) is 0 Å². The fraction of sp³-hybridized carbons (Fsp3) is 0. The summed E-state index contributed by atoms with van der Waals surface area (Å²) in [6.45, 7) is 0. The zero-order valence-corrected chi connectivity index (χ0v) is 27.2. The van der Waals surface area contributed by atoms with Gasteiger partial charge in [-0.25, -0.2) is 9.97 Å². The minimum Gasteiger partial charge on any atom is -0.245 e. The number of pyridine rings is 2. The monoisotopic (exact) mass is 634 g/mol. The smallest absolute Gasteiger partial charge is 0.0972 e. The van der Waals surface area contributed by atoms with Crippen LogP contribution in [-0.4, -0.2) is 9.97 Å². The Balaban J connectivity index is 0.983.